The van der Waals surface area contributed by atoms with Gasteiger partial charge in [-0.05, 0) is 172 Å². The maximum atomic E-state index is 5.78. The summed E-state index contributed by atoms with van der Waals surface area (Å²) in [4.78, 5) is 0. The van der Waals surface area contributed by atoms with Crippen molar-refractivity contribution in [2.45, 2.75) is 34.6 Å². The molecule has 6 heteroatoms. The van der Waals surface area contributed by atoms with Gasteiger partial charge < -0.3 is 27.3 Å². The second-order valence-corrected chi connectivity index (χ2v) is 27.9. The van der Waals surface area contributed by atoms with Crippen LogP contribution in [-0.4, -0.2) is 22.8 Å². The number of aromatic nitrogens is 5. The van der Waals surface area contributed by atoms with Crippen LogP contribution in [0.15, 0.2) is 387 Å². The van der Waals surface area contributed by atoms with Gasteiger partial charge in [-0.1, -0.05) is 272 Å². The van der Waals surface area contributed by atoms with Crippen molar-refractivity contribution < 1.29 is 4.42 Å². The van der Waals surface area contributed by atoms with Crippen LogP contribution in [0.25, 0.3) is 154 Å². The highest BCUT2D eigenvalue weighted by molar-refractivity contribution is 6.14. The summed E-state index contributed by atoms with van der Waals surface area (Å²) in [5, 5.41) is 15.7. The maximum Gasteiger partial charge on any atom is 0.138 e. The highest BCUT2D eigenvalue weighted by atomic mass is 16.3. The number of rotatable bonds is 4. The molecule has 6 aromatic heterocycles. The summed E-state index contributed by atoms with van der Waals surface area (Å²) in [6.45, 7) is 10.7. The molecule has 0 fully saturated rings. The Labute approximate surface area is 628 Å². The fraction of sp³-hybridized carbons (Fsp3) is 0.0588. The molecule has 520 valence electrons. The molecule has 0 spiro atoms. The van der Waals surface area contributed by atoms with Crippen molar-refractivity contribution in [2.24, 2.45) is 7.05 Å². The van der Waals surface area contributed by atoms with Crippen molar-refractivity contribution in [3.63, 3.8) is 0 Å². The lowest BCUT2D eigenvalue weighted by Crippen LogP contribution is -1.94. The average Bonchev–Trinajstić information content (AvgIpc) is 1.61. The zero-order chi connectivity index (χ0) is 73.2. The molecule has 22 rings (SSSR count). The van der Waals surface area contributed by atoms with Gasteiger partial charge in [-0.2, -0.15) is 0 Å². The first-order valence-corrected chi connectivity index (χ1v) is 37.1. The van der Waals surface area contributed by atoms with E-state index in [1.807, 2.05) is 18.2 Å². The maximum absolute atomic E-state index is 5.78. The van der Waals surface area contributed by atoms with Gasteiger partial charge in [0.25, 0.3) is 0 Å². The first-order valence-electron chi connectivity index (χ1n) is 37.1. The first-order chi connectivity index (χ1) is 53.1. The molecular formula is C102H81N5O. The summed E-state index contributed by atoms with van der Waals surface area (Å²) in [7, 11) is 2.12. The van der Waals surface area contributed by atoms with Gasteiger partial charge in [-0.25, -0.2) is 0 Å². The quantitative estimate of drug-likeness (QED) is 0.173. The van der Waals surface area contributed by atoms with Gasteiger partial charge in [0.1, 0.15) is 11.2 Å². The summed E-state index contributed by atoms with van der Waals surface area (Å²) < 4.78 is 17.4. The fourth-order valence-electron chi connectivity index (χ4n) is 16.0. The third kappa shape index (κ3) is 12.6. The lowest BCUT2D eigenvalue weighted by atomic mass is 10.1. The summed E-state index contributed by atoms with van der Waals surface area (Å²) in [5.74, 6) is 0. The molecule has 0 saturated carbocycles. The van der Waals surface area contributed by atoms with Crippen molar-refractivity contribution >= 4 is 131 Å². The van der Waals surface area contributed by atoms with Crippen LogP contribution in [0.2, 0.25) is 0 Å². The predicted molar refractivity (Wildman–Crippen MR) is 461 cm³/mol. The number of benzene rings is 16. The molecule has 0 bridgehead atoms. The zero-order valence-electron chi connectivity index (χ0n) is 61.5. The van der Waals surface area contributed by atoms with E-state index in [1.165, 1.54) is 170 Å². The monoisotopic (exact) mass is 1390 g/mol. The molecule has 0 aliphatic rings. The SMILES string of the molecule is Cc1ccc2c(c1)c1ccccc1n2-c1ccccc1.Cc1ccc2c3ccccc3n(-c3ccccc3)c2c1.Cc1cccc2c1c1ccccc1n2-c1ccccc1.Cc1cccc2c1oc1ccccc12.Cc1cccc2c3ccccc3n(-c3ccccc3)c12.Cn1c2ccccc2c2ccccc21. The second-order valence-electron chi connectivity index (χ2n) is 27.9. The third-order valence-corrected chi connectivity index (χ3v) is 20.9. The molecule has 6 nitrogen and oxygen atoms in total. The van der Waals surface area contributed by atoms with Gasteiger partial charge in [0, 0.05) is 105 Å². The van der Waals surface area contributed by atoms with E-state index in [9.17, 15) is 0 Å². The lowest BCUT2D eigenvalue weighted by Gasteiger charge is -2.08. The molecule has 0 aliphatic heterocycles. The minimum Gasteiger partial charge on any atom is -0.456 e. The van der Waals surface area contributed by atoms with Crippen LogP contribution < -0.4 is 0 Å². The molecule has 0 amide bonds. The molecule has 0 unspecified atom stereocenters. The van der Waals surface area contributed by atoms with Crippen LogP contribution in [0.5, 0.6) is 0 Å². The van der Waals surface area contributed by atoms with Crippen LogP contribution in [-0.2, 0) is 7.05 Å². The van der Waals surface area contributed by atoms with E-state index in [4.69, 9.17) is 4.42 Å². The molecular weight excluding hydrogens is 1310 g/mol. The summed E-state index contributed by atoms with van der Waals surface area (Å²) in [6.07, 6.45) is 0. The van der Waals surface area contributed by atoms with E-state index in [0.717, 1.165) is 11.2 Å². The van der Waals surface area contributed by atoms with Crippen LogP contribution in [0, 0.1) is 34.6 Å². The normalized spacial score (nSPS) is 11.2. The number of furan rings is 1. The Morgan fingerprint density at radius 2 is 0.537 bits per heavy atom. The van der Waals surface area contributed by atoms with E-state index in [-0.39, 0.29) is 0 Å². The summed E-state index contributed by atoms with van der Waals surface area (Å²) in [6, 6.07) is 135. The van der Waals surface area contributed by atoms with Crippen molar-refractivity contribution in [3.05, 3.63) is 410 Å². The predicted octanol–water partition coefficient (Wildman–Crippen LogP) is 27.6. The highest BCUT2D eigenvalue weighted by Crippen LogP contribution is 2.39. The number of hydrogen-bond acceptors (Lipinski definition) is 1. The Bertz CT molecular complexity index is 6860. The Morgan fingerprint density at radius 1 is 0.204 bits per heavy atom. The lowest BCUT2D eigenvalue weighted by molar-refractivity contribution is 0.666. The van der Waals surface area contributed by atoms with Crippen molar-refractivity contribution in [1.29, 1.82) is 0 Å². The van der Waals surface area contributed by atoms with Crippen LogP contribution in [0.1, 0.15) is 27.8 Å². The van der Waals surface area contributed by atoms with E-state index < -0.39 is 0 Å². The number of nitrogens with zero attached hydrogens (tertiary/aromatic N) is 5. The summed E-state index contributed by atoms with van der Waals surface area (Å²) in [5.41, 5.74) is 26.0. The number of aryl methyl sites for hydroxylation is 6. The highest BCUT2D eigenvalue weighted by Gasteiger charge is 2.17. The van der Waals surface area contributed by atoms with Crippen LogP contribution in [0.3, 0.4) is 0 Å². The molecule has 0 radical (unpaired) electrons. The van der Waals surface area contributed by atoms with Crippen molar-refractivity contribution in [3.8, 4) is 22.7 Å². The Balaban J connectivity index is 0.0000000955. The van der Waals surface area contributed by atoms with Gasteiger partial charge in [-0.15, -0.1) is 0 Å². The van der Waals surface area contributed by atoms with Gasteiger partial charge in [0.15, 0.2) is 0 Å². The van der Waals surface area contributed by atoms with Crippen LogP contribution in [0.4, 0.5) is 0 Å². The van der Waals surface area contributed by atoms with Gasteiger partial charge in [-0.3, -0.25) is 0 Å². The molecule has 108 heavy (non-hydrogen) atoms. The van der Waals surface area contributed by atoms with Gasteiger partial charge in [0.05, 0.1) is 44.1 Å². The molecule has 0 aliphatic carbocycles. The van der Waals surface area contributed by atoms with Crippen LogP contribution >= 0.6 is 0 Å². The molecule has 0 N–H and O–H groups in total. The average molecular weight is 1390 g/mol. The Hall–Kier alpha value is -13.7. The number of fused-ring (bicyclic) bond motifs is 18. The minimum atomic E-state index is 0.969. The largest absolute Gasteiger partial charge is 0.456 e. The summed E-state index contributed by atoms with van der Waals surface area (Å²) >= 11 is 0. The fourth-order valence-corrected chi connectivity index (χ4v) is 16.0. The van der Waals surface area contributed by atoms with E-state index >= 15 is 0 Å². The minimum absolute atomic E-state index is 0.969. The topological polar surface area (TPSA) is 37.8 Å². The van der Waals surface area contributed by atoms with E-state index in [2.05, 4.69) is 428 Å². The van der Waals surface area contributed by atoms with Crippen molar-refractivity contribution in [2.75, 3.05) is 0 Å². The Morgan fingerprint density at radius 3 is 1.09 bits per heavy atom. The van der Waals surface area contributed by atoms with E-state index in [1.54, 1.807) is 0 Å². The molecule has 16 aromatic carbocycles. The second kappa shape index (κ2) is 29.5. The Kier molecular flexibility index (Phi) is 18.4. The van der Waals surface area contributed by atoms with Gasteiger partial charge in [0.2, 0.25) is 0 Å². The van der Waals surface area contributed by atoms with E-state index in [0.29, 0.717) is 0 Å². The standard InChI is InChI=1S/4C19H15N.C13H11N.C13H10O/c1-14-8-7-12-17-16-11-5-6-13-18(16)20(19(14)17)15-9-3-2-4-10-15;1-14-8-7-13-18-19(14)16-11-5-6-12-17(16)20(18)15-9-3-2-4-10-15;1-14-11-12-19-17(13-14)16-9-5-6-10-18(16)20(19)15-7-3-2-4-8-15;1-14-11-12-17-16-9-5-6-10-18(16)20(19(17)13-14)15-7-3-2-4-8-15;1-14-12-8-4-2-6-10(12)11-7-3-5-9-13(11)14;1-9-5-4-7-11-10-6-2-3-8-12(10)14-13(9)11/h4*2-13H,1H3;2-9H,1H3;2-8H,1H3. The van der Waals surface area contributed by atoms with Gasteiger partial charge >= 0.3 is 0 Å². The molecule has 0 saturated heterocycles. The molecule has 22 aromatic rings. The number of hydrogen-bond donors (Lipinski definition) is 0. The zero-order valence-corrected chi connectivity index (χ0v) is 61.5. The number of para-hydroxylation sites is 13. The molecule has 6 heterocycles. The van der Waals surface area contributed by atoms with Crippen molar-refractivity contribution in [1.82, 2.24) is 22.8 Å². The smallest absolute Gasteiger partial charge is 0.138 e. The molecule has 0 atom stereocenters. The third-order valence-electron chi connectivity index (χ3n) is 20.9. The first kappa shape index (κ1) is 67.5.